The van der Waals surface area contributed by atoms with Crippen LogP contribution in [0.25, 0.3) is 5.57 Å². The van der Waals surface area contributed by atoms with Crippen LogP contribution in [0, 0.1) is 0 Å². The molecule has 0 saturated carbocycles. The van der Waals surface area contributed by atoms with E-state index in [4.69, 9.17) is 9.47 Å². The Morgan fingerprint density at radius 3 is 2.09 bits per heavy atom. The first-order valence-corrected chi connectivity index (χ1v) is 7.30. The summed E-state index contributed by atoms with van der Waals surface area (Å²) in [4.78, 5) is 12.5. The molecule has 0 aromatic heterocycles. The summed E-state index contributed by atoms with van der Waals surface area (Å²) in [7, 11) is 0. The van der Waals surface area contributed by atoms with Crippen molar-refractivity contribution in [3.8, 4) is 0 Å². The second-order valence-corrected chi connectivity index (χ2v) is 5.72. The average molecular weight is 294 g/mol. The minimum Gasteiger partial charge on any atom is -0.456 e. The van der Waals surface area contributed by atoms with Gasteiger partial charge >= 0.3 is 5.97 Å². The Kier molecular flexibility index (Phi) is 3.72. The summed E-state index contributed by atoms with van der Waals surface area (Å²) >= 11 is 0. The van der Waals surface area contributed by atoms with E-state index >= 15 is 0 Å². The van der Waals surface area contributed by atoms with Crippen molar-refractivity contribution in [2.75, 3.05) is 0 Å². The summed E-state index contributed by atoms with van der Waals surface area (Å²) in [6.07, 6.45) is 0.559. The molecule has 0 unspecified atom stereocenters. The third-order valence-corrected chi connectivity index (χ3v) is 3.46. The Morgan fingerprint density at radius 2 is 1.45 bits per heavy atom. The number of hydrogen-bond donors (Lipinski definition) is 0. The summed E-state index contributed by atoms with van der Waals surface area (Å²) in [6, 6.07) is 19.5. The number of carbonyl (C=O) groups excluding carboxylic acids is 1. The van der Waals surface area contributed by atoms with Gasteiger partial charge in [-0.2, -0.15) is 0 Å². The lowest BCUT2D eigenvalue weighted by molar-refractivity contribution is -0.203. The number of rotatable bonds is 3. The lowest BCUT2D eigenvalue weighted by atomic mass is 9.99. The Labute approximate surface area is 130 Å². The molecule has 2 aromatic rings. The van der Waals surface area contributed by atoms with Crippen LogP contribution in [-0.4, -0.2) is 11.8 Å². The number of benzene rings is 2. The Morgan fingerprint density at radius 1 is 0.864 bits per heavy atom. The zero-order valence-corrected chi connectivity index (χ0v) is 12.7. The smallest absolute Gasteiger partial charge is 0.345 e. The number of hydrogen-bond acceptors (Lipinski definition) is 3. The minimum atomic E-state index is -0.945. The first-order chi connectivity index (χ1) is 10.6. The minimum absolute atomic E-state index is 0.339. The van der Waals surface area contributed by atoms with Gasteiger partial charge in [-0.1, -0.05) is 60.7 Å². The number of esters is 1. The molecule has 0 aliphatic carbocycles. The van der Waals surface area contributed by atoms with E-state index in [0.29, 0.717) is 17.8 Å². The fraction of sp³-hybridized carbons (Fsp3) is 0.211. The van der Waals surface area contributed by atoms with Crippen molar-refractivity contribution < 1.29 is 14.3 Å². The molecule has 0 atom stereocenters. The molecule has 3 nitrogen and oxygen atoms in total. The topological polar surface area (TPSA) is 35.5 Å². The molecule has 1 aliphatic heterocycles. The first-order valence-electron chi connectivity index (χ1n) is 7.30. The van der Waals surface area contributed by atoms with Crippen LogP contribution in [0.4, 0.5) is 0 Å². The second-order valence-electron chi connectivity index (χ2n) is 5.72. The fourth-order valence-electron chi connectivity index (χ4n) is 2.55. The number of cyclic esters (lactones) is 1. The number of ether oxygens (including phenoxy) is 2. The molecule has 2 aromatic carbocycles. The third-order valence-electron chi connectivity index (χ3n) is 3.46. The molecule has 0 fully saturated rings. The Bertz CT molecular complexity index is 700. The zero-order valence-electron chi connectivity index (χ0n) is 12.7. The normalized spacial score (nSPS) is 16.9. The van der Waals surface area contributed by atoms with E-state index in [9.17, 15) is 4.79 Å². The van der Waals surface area contributed by atoms with E-state index in [1.165, 1.54) is 0 Å². The summed E-state index contributed by atoms with van der Waals surface area (Å²) < 4.78 is 11.3. The van der Waals surface area contributed by atoms with Crippen LogP contribution in [0.5, 0.6) is 0 Å². The first kappa shape index (κ1) is 14.4. The van der Waals surface area contributed by atoms with Crippen molar-refractivity contribution in [3.05, 3.63) is 77.5 Å². The van der Waals surface area contributed by atoms with Gasteiger partial charge in [0.05, 0.1) is 0 Å². The molecule has 1 heterocycles. The van der Waals surface area contributed by atoms with Gasteiger partial charge in [0, 0.05) is 20.3 Å². The van der Waals surface area contributed by atoms with E-state index < -0.39 is 5.79 Å². The van der Waals surface area contributed by atoms with Crippen LogP contribution in [0.3, 0.4) is 0 Å². The lowest BCUT2D eigenvalue weighted by Crippen LogP contribution is -2.37. The van der Waals surface area contributed by atoms with Crippen molar-refractivity contribution in [1.82, 2.24) is 0 Å². The predicted molar refractivity (Wildman–Crippen MR) is 84.8 cm³/mol. The Hall–Kier alpha value is -2.55. The molecular weight excluding hydrogens is 276 g/mol. The highest BCUT2D eigenvalue weighted by Crippen LogP contribution is 2.33. The Balaban J connectivity index is 2.06. The maximum Gasteiger partial charge on any atom is 0.345 e. The summed E-state index contributed by atoms with van der Waals surface area (Å²) in [5.41, 5.74) is 2.41. The zero-order chi connectivity index (χ0) is 15.6. The van der Waals surface area contributed by atoms with Crippen molar-refractivity contribution in [2.45, 2.75) is 26.1 Å². The van der Waals surface area contributed by atoms with Gasteiger partial charge in [-0.05, 0) is 11.1 Å². The van der Waals surface area contributed by atoms with Crippen LogP contribution >= 0.6 is 0 Å². The molecule has 0 spiro atoms. The van der Waals surface area contributed by atoms with E-state index in [2.05, 4.69) is 0 Å². The SMILES string of the molecule is CC1(C)OC(=O)C(c2ccccc2)=C(Cc2ccccc2)O1. The van der Waals surface area contributed by atoms with Gasteiger partial charge in [-0.25, -0.2) is 4.79 Å². The molecule has 3 rings (SSSR count). The lowest BCUT2D eigenvalue weighted by Gasteiger charge is -2.33. The van der Waals surface area contributed by atoms with Crippen LogP contribution < -0.4 is 0 Å². The van der Waals surface area contributed by atoms with Gasteiger partial charge in [0.15, 0.2) is 0 Å². The largest absolute Gasteiger partial charge is 0.456 e. The fourth-order valence-corrected chi connectivity index (χ4v) is 2.55. The van der Waals surface area contributed by atoms with Crippen LogP contribution in [-0.2, 0) is 20.7 Å². The van der Waals surface area contributed by atoms with Gasteiger partial charge in [0.25, 0.3) is 0 Å². The monoisotopic (exact) mass is 294 g/mol. The van der Waals surface area contributed by atoms with Gasteiger partial charge in [0.2, 0.25) is 5.79 Å². The maximum atomic E-state index is 12.5. The summed E-state index contributed by atoms with van der Waals surface area (Å²) in [5, 5.41) is 0. The molecule has 0 amide bonds. The highest BCUT2D eigenvalue weighted by molar-refractivity contribution is 6.17. The van der Waals surface area contributed by atoms with E-state index in [1.54, 1.807) is 13.8 Å². The molecular formula is C19H18O3. The van der Waals surface area contributed by atoms with Crippen molar-refractivity contribution in [3.63, 3.8) is 0 Å². The third kappa shape index (κ3) is 3.03. The summed E-state index contributed by atoms with van der Waals surface area (Å²) in [6.45, 7) is 3.50. The summed E-state index contributed by atoms with van der Waals surface area (Å²) in [5.74, 6) is -0.633. The average Bonchev–Trinajstić information content (AvgIpc) is 2.47. The quantitative estimate of drug-likeness (QED) is 0.804. The van der Waals surface area contributed by atoms with Crippen LogP contribution in [0.1, 0.15) is 25.0 Å². The molecule has 3 heteroatoms. The molecule has 0 saturated heterocycles. The van der Waals surface area contributed by atoms with E-state index in [0.717, 1.165) is 11.1 Å². The standard InChI is InChI=1S/C19H18O3/c1-19(2)21-16(13-14-9-5-3-6-10-14)17(18(20)22-19)15-11-7-4-8-12-15/h3-12H,13H2,1-2H3. The van der Waals surface area contributed by atoms with Gasteiger partial charge in [-0.15, -0.1) is 0 Å². The van der Waals surface area contributed by atoms with Crippen LogP contribution in [0.2, 0.25) is 0 Å². The predicted octanol–water partition coefficient (Wildman–Crippen LogP) is 3.95. The highest BCUT2D eigenvalue weighted by Gasteiger charge is 2.36. The molecule has 0 radical (unpaired) electrons. The van der Waals surface area contributed by atoms with E-state index in [1.807, 2.05) is 60.7 Å². The number of carbonyl (C=O) groups is 1. The molecule has 22 heavy (non-hydrogen) atoms. The molecule has 0 bridgehead atoms. The van der Waals surface area contributed by atoms with Gasteiger partial charge in [0.1, 0.15) is 11.3 Å². The van der Waals surface area contributed by atoms with E-state index in [-0.39, 0.29) is 5.97 Å². The van der Waals surface area contributed by atoms with Crippen LogP contribution in [0.15, 0.2) is 66.4 Å². The van der Waals surface area contributed by atoms with Crippen molar-refractivity contribution >= 4 is 11.5 Å². The highest BCUT2D eigenvalue weighted by atomic mass is 16.7. The van der Waals surface area contributed by atoms with Gasteiger partial charge in [-0.3, -0.25) is 0 Å². The van der Waals surface area contributed by atoms with Gasteiger partial charge < -0.3 is 9.47 Å². The second kappa shape index (κ2) is 5.68. The van der Waals surface area contributed by atoms with Crippen molar-refractivity contribution in [2.24, 2.45) is 0 Å². The molecule has 1 aliphatic rings. The maximum absolute atomic E-state index is 12.5. The van der Waals surface area contributed by atoms with Crippen molar-refractivity contribution in [1.29, 1.82) is 0 Å². The molecule has 112 valence electrons. The molecule has 0 N–H and O–H groups in total. The number of allylic oxidation sites excluding steroid dienone is 1.